The minimum Gasteiger partial charge on any atom is -0.335 e. The van der Waals surface area contributed by atoms with Crippen molar-refractivity contribution in [2.24, 2.45) is 0 Å². The Morgan fingerprint density at radius 3 is 2.86 bits per heavy atom. The van der Waals surface area contributed by atoms with Crippen LogP contribution in [0.5, 0.6) is 0 Å². The molecule has 144 valence electrons. The summed E-state index contributed by atoms with van der Waals surface area (Å²) >= 11 is 0. The molecule has 9 heteroatoms. The van der Waals surface area contributed by atoms with Crippen LogP contribution in [-0.4, -0.2) is 71.9 Å². The Balaban J connectivity index is 1.55. The third-order valence-corrected chi connectivity index (χ3v) is 5.71. The van der Waals surface area contributed by atoms with Gasteiger partial charge in [-0.05, 0) is 26.3 Å². The van der Waals surface area contributed by atoms with Crippen molar-refractivity contribution in [3.8, 4) is 11.4 Å². The first-order valence-electron chi connectivity index (χ1n) is 9.33. The number of carbonyl (C=O) groups excluding carboxylic acids is 2. The minimum absolute atomic E-state index is 0.000152. The molecule has 0 spiro atoms. The van der Waals surface area contributed by atoms with Gasteiger partial charge in [0.05, 0.1) is 24.3 Å². The van der Waals surface area contributed by atoms with Gasteiger partial charge in [-0.25, -0.2) is 14.5 Å². The van der Waals surface area contributed by atoms with Gasteiger partial charge in [0.25, 0.3) is 0 Å². The summed E-state index contributed by atoms with van der Waals surface area (Å²) in [6.07, 6.45) is 6.01. The number of hydrogen-bond donors (Lipinski definition) is 0. The van der Waals surface area contributed by atoms with Crippen LogP contribution < -0.4 is 0 Å². The Hall–Kier alpha value is -3.23. The monoisotopic (exact) mass is 379 g/mol. The Bertz CT molecular complexity index is 1110. The van der Waals surface area contributed by atoms with Crippen molar-refractivity contribution < 1.29 is 9.59 Å². The first-order chi connectivity index (χ1) is 13.4. The third kappa shape index (κ3) is 2.35. The Kier molecular flexibility index (Phi) is 3.55. The van der Waals surface area contributed by atoms with Crippen molar-refractivity contribution in [3.63, 3.8) is 0 Å². The number of nitrogens with zero attached hydrogens (tertiary/aromatic N) is 7. The van der Waals surface area contributed by atoms with Gasteiger partial charge in [-0.1, -0.05) is 0 Å². The number of aromatic nitrogens is 5. The number of fused-ring (bicyclic) bond motifs is 2. The topological polar surface area (TPSA) is 88.6 Å². The van der Waals surface area contributed by atoms with E-state index in [9.17, 15) is 9.59 Å². The highest BCUT2D eigenvalue weighted by Gasteiger charge is 2.45. The lowest BCUT2D eigenvalue weighted by atomic mass is 10.1. The maximum Gasteiger partial charge on any atom is 0.245 e. The van der Waals surface area contributed by atoms with E-state index in [1.807, 2.05) is 26.1 Å². The molecule has 0 bridgehead atoms. The second-order valence-electron chi connectivity index (χ2n) is 7.64. The van der Waals surface area contributed by atoms with Crippen LogP contribution in [0.1, 0.15) is 23.9 Å². The number of carbonyl (C=O) groups is 2. The zero-order chi connectivity index (χ0) is 19.6. The third-order valence-electron chi connectivity index (χ3n) is 5.71. The summed E-state index contributed by atoms with van der Waals surface area (Å²) in [7, 11) is 1.68. The second-order valence-corrected chi connectivity index (χ2v) is 7.64. The zero-order valence-corrected chi connectivity index (χ0v) is 16.0. The molecule has 2 fully saturated rings. The summed E-state index contributed by atoms with van der Waals surface area (Å²) in [4.78, 5) is 37.3. The number of rotatable bonds is 2. The van der Waals surface area contributed by atoms with Gasteiger partial charge in [0.15, 0.2) is 5.65 Å². The molecule has 2 amide bonds. The van der Waals surface area contributed by atoms with Gasteiger partial charge in [0, 0.05) is 37.4 Å². The number of imidazole rings is 1. The van der Waals surface area contributed by atoms with E-state index in [4.69, 9.17) is 0 Å². The van der Waals surface area contributed by atoms with Crippen LogP contribution in [0.2, 0.25) is 0 Å². The van der Waals surface area contributed by atoms with Crippen LogP contribution >= 0.6 is 0 Å². The van der Waals surface area contributed by atoms with E-state index >= 15 is 0 Å². The maximum atomic E-state index is 12.5. The van der Waals surface area contributed by atoms with Gasteiger partial charge in [0.2, 0.25) is 11.8 Å². The lowest BCUT2D eigenvalue weighted by molar-refractivity contribution is -0.152. The molecule has 3 aromatic heterocycles. The highest BCUT2D eigenvalue weighted by atomic mass is 16.2. The van der Waals surface area contributed by atoms with Crippen LogP contribution in [0.25, 0.3) is 17.0 Å². The van der Waals surface area contributed by atoms with Gasteiger partial charge in [-0.3, -0.25) is 9.59 Å². The Labute approximate surface area is 161 Å². The SMILES string of the molecule is Cc1cc(C)n2ncc(-c3nccn3[C@@H]3C[C@H]4C(=O)N(C)CC(=O)N4C3)c2n1. The molecule has 0 saturated carbocycles. The normalized spacial score (nSPS) is 22.4. The average Bonchev–Trinajstić information content (AvgIpc) is 3.36. The van der Waals surface area contributed by atoms with Crippen molar-refractivity contribution in [1.29, 1.82) is 0 Å². The van der Waals surface area contributed by atoms with E-state index < -0.39 is 6.04 Å². The van der Waals surface area contributed by atoms with Gasteiger partial charge in [-0.2, -0.15) is 5.10 Å². The lowest BCUT2D eigenvalue weighted by Crippen LogP contribution is -2.55. The first kappa shape index (κ1) is 16.9. The Morgan fingerprint density at radius 2 is 2.04 bits per heavy atom. The molecule has 2 aliphatic heterocycles. The fraction of sp³-hybridized carbons (Fsp3) is 0.421. The van der Waals surface area contributed by atoms with E-state index in [0.717, 1.165) is 28.4 Å². The van der Waals surface area contributed by atoms with Crippen LogP contribution in [0.15, 0.2) is 24.7 Å². The molecule has 2 aliphatic rings. The van der Waals surface area contributed by atoms with Crippen LogP contribution in [-0.2, 0) is 9.59 Å². The van der Waals surface area contributed by atoms with Crippen molar-refractivity contribution >= 4 is 17.5 Å². The molecule has 2 saturated heterocycles. The van der Waals surface area contributed by atoms with Crippen molar-refractivity contribution in [2.45, 2.75) is 32.4 Å². The number of aryl methyl sites for hydroxylation is 2. The minimum atomic E-state index is -0.391. The predicted octanol–water partition coefficient (Wildman–Crippen LogP) is 0.824. The summed E-state index contributed by atoms with van der Waals surface area (Å²) in [5, 5.41) is 4.46. The predicted molar refractivity (Wildman–Crippen MR) is 100 cm³/mol. The number of likely N-dealkylation sites (N-methyl/N-ethyl adjacent to an activating group) is 1. The molecule has 0 aromatic carbocycles. The molecule has 28 heavy (non-hydrogen) atoms. The Morgan fingerprint density at radius 1 is 1.21 bits per heavy atom. The molecule has 3 aromatic rings. The molecule has 5 heterocycles. The van der Waals surface area contributed by atoms with Crippen LogP contribution in [0.3, 0.4) is 0 Å². The largest absolute Gasteiger partial charge is 0.335 e. The van der Waals surface area contributed by atoms with E-state index in [1.54, 1.807) is 28.9 Å². The number of piperazine rings is 1. The lowest BCUT2D eigenvalue weighted by Gasteiger charge is -2.33. The standard InChI is InChI=1S/C19H21N7O2/c1-11-6-12(2)26-18(22-11)14(8-21-26)17-20-4-5-24(17)13-7-15-19(28)23(3)10-16(27)25(15)9-13/h4-6,8,13,15H,7,9-10H2,1-3H3/t13-,15+/m1/s1. The average molecular weight is 379 g/mol. The molecule has 0 unspecified atom stereocenters. The molecular formula is C19H21N7O2. The van der Waals surface area contributed by atoms with Crippen molar-refractivity contribution in [3.05, 3.63) is 36.0 Å². The fourth-order valence-electron chi connectivity index (χ4n) is 4.40. The summed E-state index contributed by atoms with van der Waals surface area (Å²) in [5.41, 5.74) is 3.52. The van der Waals surface area contributed by atoms with Gasteiger partial charge >= 0.3 is 0 Å². The molecule has 0 aliphatic carbocycles. The fourth-order valence-corrected chi connectivity index (χ4v) is 4.40. The highest BCUT2D eigenvalue weighted by Crippen LogP contribution is 2.34. The number of hydrogen-bond acceptors (Lipinski definition) is 5. The smallest absolute Gasteiger partial charge is 0.245 e. The molecule has 0 radical (unpaired) electrons. The molecular weight excluding hydrogens is 358 g/mol. The van der Waals surface area contributed by atoms with E-state index in [-0.39, 0.29) is 24.4 Å². The van der Waals surface area contributed by atoms with Gasteiger partial charge in [-0.15, -0.1) is 0 Å². The molecule has 0 N–H and O–H groups in total. The summed E-state index contributed by atoms with van der Waals surface area (Å²) < 4.78 is 3.86. The first-order valence-corrected chi connectivity index (χ1v) is 9.33. The van der Waals surface area contributed by atoms with Crippen molar-refractivity contribution in [1.82, 2.24) is 33.9 Å². The van der Waals surface area contributed by atoms with E-state index in [2.05, 4.69) is 19.6 Å². The summed E-state index contributed by atoms with van der Waals surface area (Å²) in [5.74, 6) is 0.762. The highest BCUT2D eigenvalue weighted by molar-refractivity contribution is 5.95. The van der Waals surface area contributed by atoms with Crippen LogP contribution in [0.4, 0.5) is 0 Å². The van der Waals surface area contributed by atoms with Gasteiger partial charge in [0.1, 0.15) is 11.9 Å². The van der Waals surface area contributed by atoms with Crippen LogP contribution in [0, 0.1) is 13.8 Å². The summed E-state index contributed by atoms with van der Waals surface area (Å²) in [6.45, 7) is 4.61. The second kappa shape index (κ2) is 5.88. The molecule has 9 nitrogen and oxygen atoms in total. The summed E-state index contributed by atoms with van der Waals surface area (Å²) in [6, 6.07) is 1.58. The number of amides is 2. The zero-order valence-electron chi connectivity index (χ0n) is 16.0. The van der Waals surface area contributed by atoms with E-state index in [0.29, 0.717) is 13.0 Å². The van der Waals surface area contributed by atoms with E-state index in [1.165, 1.54) is 4.90 Å². The molecule has 2 atom stereocenters. The quantitative estimate of drug-likeness (QED) is 0.658. The molecule has 5 rings (SSSR count). The van der Waals surface area contributed by atoms with Gasteiger partial charge < -0.3 is 14.4 Å². The van der Waals surface area contributed by atoms with Crippen molar-refractivity contribution in [2.75, 3.05) is 20.1 Å². The maximum absolute atomic E-state index is 12.5.